The lowest BCUT2D eigenvalue weighted by atomic mass is 9.98. The summed E-state index contributed by atoms with van der Waals surface area (Å²) in [4.78, 5) is 0. The first kappa shape index (κ1) is 15.8. The molecule has 3 N–H and O–H groups in total. The molecule has 21 heavy (non-hydrogen) atoms. The maximum Gasteiger partial charge on any atom is 0.137 e. The third kappa shape index (κ3) is 3.20. The van der Waals surface area contributed by atoms with Gasteiger partial charge in [-0.3, -0.25) is 16.0 Å². The molecule has 1 aromatic heterocycles. The number of nitrogens with one attached hydrogen (secondary N) is 1. The van der Waals surface area contributed by atoms with Gasteiger partial charge in [-0.1, -0.05) is 17.7 Å². The molecule has 0 amide bonds. The summed E-state index contributed by atoms with van der Waals surface area (Å²) in [5.41, 5.74) is 7.27. The van der Waals surface area contributed by atoms with Crippen LogP contribution in [0.5, 0.6) is 5.75 Å². The number of aromatic nitrogens is 2. The van der Waals surface area contributed by atoms with Gasteiger partial charge in [0, 0.05) is 12.7 Å². The van der Waals surface area contributed by atoms with Crippen LogP contribution in [0, 0.1) is 13.8 Å². The van der Waals surface area contributed by atoms with E-state index in [1.807, 2.05) is 36.9 Å². The Kier molecular flexibility index (Phi) is 4.88. The second kappa shape index (κ2) is 6.47. The lowest BCUT2D eigenvalue weighted by molar-refractivity contribution is 0.413. The summed E-state index contributed by atoms with van der Waals surface area (Å²) in [5, 5.41) is 5.03. The van der Waals surface area contributed by atoms with Crippen molar-refractivity contribution in [3.8, 4) is 5.75 Å². The number of halogens is 1. The molecule has 0 aliphatic rings. The number of ether oxygens (including phenoxy) is 1. The highest BCUT2D eigenvalue weighted by atomic mass is 35.5. The molecular weight excluding hydrogens is 288 g/mol. The second-order valence-electron chi connectivity index (χ2n) is 5.09. The van der Waals surface area contributed by atoms with Crippen molar-refractivity contribution < 1.29 is 4.74 Å². The van der Waals surface area contributed by atoms with Crippen molar-refractivity contribution in [2.45, 2.75) is 26.3 Å². The Balaban J connectivity index is 2.32. The Hall–Kier alpha value is -1.56. The van der Waals surface area contributed by atoms with Crippen LogP contribution in [-0.2, 0) is 13.5 Å². The van der Waals surface area contributed by atoms with Crippen LogP contribution < -0.4 is 16.0 Å². The predicted molar refractivity (Wildman–Crippen MR) is 84.5 cm³/mol. The number of nitrogens with two attached hydrogens (primary N) is 1. The first-order valence-electron chi connectivity index (χ1n) is 6.76. The molecule has 5 nitrogen and oxygen atoms in total. The normalized spacial score (nSPS) is 12.5. The summed E-state index contributed by atoms with van der Waals surface area (Å²) in [6.45, 7) is 4.07. The predicted octanol–water partition coefficient (Wildman–Crippen LogP) is 2.45. The van der Waals surface area contributed by atoms with Crippen molar-refractivity contribution in [1.29, 1.82) is 0 Å². The summed E-state index contributed by atoms with van der Waals surface area (Å²) in [5.74, 6) is 6.39. The molecule has 114 valence electrons. The van der Waals surface area contributed by atoms with Crippen molar-refractivity contribution in [1.82, 2.24) is 15.2 Å². The van der Waals surface area contributed by atoms with Gasteiger partial charge in [-0.2, -0.15) is 5.10 Å². The van der Waals surface area contributed by atoms with Crippen LogP contribution in [0.3, 0.4) is 0 Å². The number of rotatable bonds is 5. The largest absolute Gasteiger partial charge is 0.495 e. The minimum absolute atomic E-state index is 0.0298. The van der Waals surface area contributed by atoms with Crippen molar-refractivity contribution in [2.75, 3.05) is 7.11 Å². The highest BCUT2D eigenvalue weighted by Crippen LogP contribution is 2.29. The summed E-state index contributed by atoms with van der Waals surface area (Å²) in [7, 11) is 3.55. The van der Waals surface area contributed by atoms with E-state index in [4.69, 9.17) is 22.2 Å². The smallest absolute Gasteiger partial charge is 0.137 e. The first-order valence-corrected chi connectivity index (χ1v) is 7.14. The molecular formula is C15H21ClN4O. The molecule has 1 aromatic carbocycles. The lowest BCUT2D eigenvalue weighted by Gasteiger charge is -2.18. The molecule has 1 heterocycles. The monoisotopic (exact) mass is 308 g/mol. The van der Waals surface area contributed by atoms with Crippen LogP contribution in [0.15, 0.2) is 18.2 Å². The second-order valence-corrected chi connectivity index (χ2v) is 5.50. The highest BCUT2D eigenvalue weighted by Gasteiger charge is 2.17. The zero-order chi connectivity index (χ0) is 15.6. The van der Waals surface area contributed by atoms with Gasteiger partial charge in [0.1, 0.15) is 5.75 Å². The van der Waals surface area contributed by atoms with Gasteiger partial charge in [0.05, 0.1) is 23.9 Å². The Morgan fingerprint density at radius 2 is 2.14 bits per heavy atom. The maximum absolute atomic E-state index is 6.07. The minimum Gasteiger partial charge on any atom is -0.495 e. The number of aryl methyl sites for hydroxylation is 2. The molecule has 6 heteroatoms. The molecule has 0 spiro atoms. The van der Waals surface area contributed by atoms with Gasteiger partial charge in [0.15, 0.2) is 0 Å². The molecule has 1 atom stereocenters. The standard InChI is InChI=1S/C15H21ClN4O/c1-9-12(10(2)20(3)19-9)8-14(18-17)11-5-6-13(16)15(7-11)21-4/h5-7,14,18H,8,17H2,1-4H3. The fourth-order valence-corrected chi connectivity index (χ4v) is 2.68. The fraction of sp³-hybridized carbons (Fsp3) is 0.400. The van der Waals surface area contributed by atoms with E-state index in [-0.39, 0.29) is 6.04 Å². The Morgan fingerprint density at radius 1 is 1.43 bits per heavy atom. The molecule has 0 radical (unpaired) electrons. The van der Waals surface area contributed by atoms with E-state index in [1.165, 1.54) is 5.56 Å². The average Bonchev–Trinajstić information content (AvgIpc) is 2.71. The summed E-state index contributed by atoms with van der Waals surface area (Å²) in [6, 6.07) is 5.66. The summed E-state index contributed by atoms with van der Waals surface area (Å²) in [6.07, 6.45) is 0.757. The fourth-order valence-electron chi connectivity index (χ4n) is 2.48. The highest BCUT2D eigenvalue weighted by molar-refractivity contribution is 6.32. The maximum atomic E-state index is 6.07. The van der Waals surface area contributed by atoms with E-state index < -0.39 is 0 Å². The van der Waals surface area contributed by atoms with E-state index in [9.17, 15) is 0 Å². The van der Waals surface area contributed by atoms with Gasteiger partial charge in [-0.25, -0.2) is 0 Å². The van der Waals surface area contributed by atoms with Crippen LogP contribution in [0.4, 0.5) is 0 Å². The molecule has 0 saturated heterocycles. The molecule has 0 fully saturated rings. The van der Waals surface area contributed by atoms with E-state index in [2.05, 4.69) is 17.4 Å². The molecule has 0 bridgehead atoms. The first-order chi connectivity index (χ1) is 9.97. The van der Waals surface area contributed by atoms with E-state index >= 15 is 0 Å². The zero-order valence-corrected chi connectivity index (χ0v) is 13.5. The Labute approximate surface area is 130 Å². The van der Waals surface area contributed by atoms with Crippen molar-refractivity contribution in [3.63, 3.8) is 0 Å². The third-order valence-electron chi connectivity index (χ3n) is 3.85. The number of hydrogen-bond donors (Lipinski definition) is 2. The Morgan fingerprint density at radius 3 is 2.67 bits per heavy atom. The summed E-state index contributed by atoms with van der Waals surface area (Å²) >= 11 is 6.07. The lowest BCUT2D eigenvalue weighted by Crippen LogP contribution is -2.29. The molecule has 0 saturated carbocycles. The van der Waals surface area contributed by atoms with Crippen LogP contribution in [0.25, 0.3) is 0 Å². The summed E-state index contributed by atoms with van der Waals surface area (Å²) < 4.78 is 7.15. The van der Waals surface area contributed by atoms with Crippen molar-refractivity contribution in [3.05, 3.63) is 45.7 Å². The zero-order valence-electron chi connectivity index (χ0n) is 12.8. The number of benzene rings is 1. The van der Waals surface area contributed by atoms with Gasteiger partial charge in [0.25, 0.3) is 0 Å². The van der Waals surface area contributed by atoms with Gasteiger partial charge < -0.3 is 4.74 Å². The molecule has 2 rings (SSSR count). The number of nitrogens with zero attached hydrogens (tertiary/aromatic N) is 2. The van der Waals surface area contributed by atoms with Crippen LogP contribution in [-0.4, -0.2) is 16.9 Å². The van der Waals surface area contributed by atoms with Gasteiger partial charge in [-0.15, -0.1) is 0 Å². The number of methoxy groups -OCH3 is 1. The van der Waals surface area contributed by atoms with E-state index in [0.29, 0.717) is 10.8 Å². The number of hydrazine groups is 1. The quantitative estimate of drug-likeness (QED) is 0.658. The van der Waals surface area contributed by atoms with Crippen LogP contribution in [0.1, 0.15) is 28.6 Å². The Bertz CT molecular complexity index is 639. The molecule has 2 aromatic rings. The van der Waals surface area contributed by atoms with Crippen molar-refractivity contribution >= 4 is 11.6 Å². The van der Waals surface area contributed by atoms with Gasteiger partial charge in [0.2, 0.25) is 0 Å². The molecule has 0 aliphatic carbocycles. The third-order valence-corrected chi connectivity index (χ3v) is 4.16. The average molecular weight is 309 g/mol. The number of hydrogen-bond acceptors (Lipinski definition) is 4. The van der Waals surface area contributed by atoms with Crippen molar-refractivity contribution in [2.24, 2.45) is 12.9 Å². The van der Waals surface area contributed by atoms with Crippen LogP contribution >= 0.6 is 11.6 Å². The van der Waals surface area contributed by atoms with Gasteiger partial charge >= 0.3 is 0 Å². The van der Waals surface area contributed by atoms with E-state index in [0.717, 1.165) is 23.4 Å². The van der Waals surface area contributed by atoms with E-state index in [1.54, 1.807) is 7.11 Å². The SMILES string of the molecule is COc1cc(C(Cc2c(C)nn(C)c2C)NN)ccc1Cl. The molecule has 1 unspecified atom stereocenters. The van der Waals surface area contributed by atoms with Gasteiger partial charge in [-0.05, 0) is 43.5 Å². The minimum atomic E-state index is -0.0298. The topological polar surface area (TPSA) is 65.1 Å². The van der Waals surface area contributed by atoms with Crippen LogP contribution in [0.2, 0.25) is 5.02 Å². The molecule has 0 aliphatic heterocycles.